The van der Waals surface area contributed by atoms with Crippen LogP contribution in [0, 0.1) is 0 Å². The van der Waals surface area contributed by atoms with Gasteiger partial charge in [0.1, 0.15) is 5.69 Å². The van der Waals surface area contributed by atoms with E-state index in [2.05, 4.69) is 25.6 Å². The molecule has 0 aliphatic rings. The lowest BCUT2D eigenvalue weighted by Gasteiger charge is -2.11. The molecule has 0 saturated carbocycles. The average molecular weight is 463 g/mol. The lowest BCUT2D eigenvalue weighted by atomic mass is 10.2. The SMILES string of the molecule is CC.CC(NC(=O)c1cn2ccnc2cn1)c1cnc(Nc2ccc(C(F)(F)F)cc2)s1. The molecule has 1 aromatic carbocycles. The van der Waals surface area contributed by atoms with E-state index in [1.807, 2.05) is 20.8 Å². The number of carbonyl (C=O) groups is 1. The molecule has 3 aromatic heterocycles. The number of benzene rings is 1. The molecule has 3 heterocycles. The first-order valence-electron chi connectivity index (χ1n) is 9.79. The number of anilines is 2. The first-order chi connectivity index (χ1) is 15.3. The van der Waals surface area contributed by atoms with Gasteiger partial charge in [0.2, 0.25) is 0 Å². The minimum absolute atomic E-state index is 0.250. The Morgan fingerprint density at radius 3 is 2.50 bits per heavy atom. The van der Waals surface area contributed by atoms with E-state index in [9.17, 15) is 18.0 Å². The third-order valence-electron chi connectivity index (χ3n) is 4.27. The van der Waals surface area contributed by atoms with Gasteiger partial charge < -0.3 is 15.0 Å². The number of rotatable bonds is 5. The molecular formula is C21H21F3N6OS. The van der Waals surface area contributed by atoms with Gasteiger partial charge in [-0.1, -0.05) is 25.2 Å². The number of carbonyl (C=O) groups excluding carboxylic acids is 1. The van der Waals surface area contributed by atoms with Crippen LogP contribution in [0.1, 0.15) is 47.7 Å². The fraction of sp³-hybridized carbons (Fsp3) is 0.238. The molecule has 168 valence electrons. The Bertz CT molecular complexity index is 1190. The quantitative estimate of drug-likeness (QED) is 0.411. The fourth-order valence-electron chi connectivity index (χ4n) is 2.70. The van der Waals surface area contributed by atoms with Crippen LogP contribution < -0.4 is 10.6 Å². The van der Waals surface area contributed by atoms with Crippen molar-refractivity contribution in [2.75, 3.05) is 5.32 Å². The Morgan fingerprint density at radius 2 is 1.81 bits per heavy atom. The van der Waals surface area contributed by atoms with Crippen LogP contribution >= 0.6 is 11.3 Å². The number of amides is 1. The number of alkyl halides is 3. The van der Waals surface area contributed by atoms with Gasteiger partial charge in [-0.2, -0.15) is 13.2 Å². The summed E-state index contributed by atoms with van der Waals surface area (Å²) < 4.78 is 39.7. The van der Waals surface area contributed by atoms with Crippen LogP contribution in [-0.2, 0) is 6.18 Å². The number of aromatic nitrogens is 4. The number of hydrogen-bond donors (Lipinski definition) is 2. The van der Waals surface area contributed by atoms with Crippen molar-refractivity contribution in [3.63, 3.8) is 0 Å². The van der Waals surface area contributed by atoms with Crippen molar-refractivity contribution in [3.05, 3.63) is 71.4 Å². The van der Waals surface area contributed by atoms with E-state index in [0.717, 1.165) is 17.0 Å². The van der Waals surface area contributed by atoms with Crippen LogP contribution in [0.4, 0.5) is 24.0 Å². The molecule has 1 unspecified atom stereocenters. The maximum absolute atomic E-state index is 12.7. The molecule has 1 atom stereocenters. The summed E-state index contributed by atoms with van der Waals surface area (Å²) >= 11 is 1.29. The molecule has 32 heavy (non-hydrogen) atoms. The Kier molecular flexibility index (Phi) is 7.08. The molecule has 2 N–H and O–H groups in total. The summed E-state index contributed by atoms with van der Waals surface area (Å²) in [4.78, 5) is 25.7. The van der Waals surface area contributed by atoms with Crippen LogP contribution in [-0.4, -0.2) is 25.3 Å². The summed E-state index contributed by atoms with van der Waals surface area (Å²) in [6, 6.07) is 4.35. The predicted molar refractivity (Wildman–Crippen MR) is 117 cm³/mol. The highest BCUT2D eigenvalue weighted by molar-refractivity contribution is 7.15. The van der Waals surface area contributed by atoms with Crippen LogP contribution in [0.2, 0.25) is 0 Å². The van der Waals surface area contributed by atoms with Crippen LogP contribution in [0.25, 0.3) is 5.65 Å². The van der Waals surface area contributed by atoms with Crippen molar-refractivity contribution in [2.45, 2.75) is 33.0 Å². The van der Waals surface area contributed by atoms with E-state index in [4.69, 9.17) is 0 Å². The summed E-state index contributed by atoms with van der Waals surface area (Å²) in [6.07, 6.45) is 3.67. The second kappa shape index (κ2) is 9.77. The van der Waals surface area contributed by atoms with Gasteiger partial charge in [-0.3, -0.25) is 4.79 Å². The lowest BCUT2D eigenvalue weighted by molar-refractivity contribution is -0.137. The van der Waals surface area contributed by atoms with Gasteiger partial charge in [0, 0.05) is 35.4 Å². The lowest BCUT2D eigenvalue weighted by Crippen LogP contribution is -2.27. The fourth-order valence-corrected chi connectivity index (χ4v) is 3.53. The van der Waals surface area contributed by atoms with Crippen molar-refractivity contribution in [2.24, 2.45) is 0 Å². The molecule has 0 aliphatic heterocycles. The molecule has 4 aromatic rings. The summed E-state index contributed by atoms with van der Waals surface area (Å²) in [6.45, 7) is 5.81. The molecule has 0 aliphatic carbocycles. The Morgan fingerprint density at radius 1 is 1.09 bits per heavy atom. The number of hydrogen-bond acceptors (Lipinski definition) is 6. The molecule has 0 spiro atoms. The second-order valence-corrected chi connectivity index (χ2v) is 7.49. The molecule has 0 fully saturated rings. The normalized spacial score (nSPS) is 12.1. The number of imidazole rings is 1. The van der Waals surface area contributed by atoms with Crippen molar-refractivity contribution in [3.8, 4) is 0 Å². The van der Waals surface area contributed by atoms with Crippen molar-refractivity contribution in [1.82, 2.24) is 24.7 Å². The highest BCUT2D eigenvalue weighted by Gasteiger charge is 2.30. The van der Waals surface area contributed by atoms with E-state index in [1.54, 1.807) is 29.2 Å². The van der Waals surface area contributed by atoms with Gasteiger partial charge in [-0.15, -0.1) is 0 Å². The predicted octanol–water partition coefficient (Wildman–Crippen LogP) is 5.47. The molecule has 1 amide bonds. The van der Waals surface area contributed by atoms with Crippen molar-refractivity contribution in [1.29, 1.82) is 0 Å². The molecular weight excluding hydrogens is 441 g/mol. The van der Waals surface area contributed by atoms with Gasteiger partial charge in [-0.25, -0.2) is 15.0 Å². The zero-order valence-corrected chi connectivity index (χ0v) is 18.3. The highest BCUT2D eigenvalue weighted by Crippen LogP contribution is 2.31. The van der Waals surface area contributed by atoms with Crippen molar-refractivity contribution < 1.29 is 18.0 Å². The summed E-state index contributed by atoms with van der Waals surface area (Å²) in [5, 5.41) is 6.32. The van der Waals surface area contributed by atoms with Gasteiger partial charge in [-0.05, 0) is 31.2 Å². The highest BCUT2D eigenvalue weighted by atomic mass is 32.1. The third kappa shape index (κ3) is 5.41. The smallest absolute Gasteiger partial charge is 0.343 e. The third-order valence-corrected chi connectivity index (χ3v) is 5.37. The van der Waals surface area contributed by atoms with Gasteiger partial charge in [0.25, 0.3) is 5.91 Å². The first-order valence-corrected chi connectivity index (χ1v) is 10.6. The van der Waals surface area contributed by atoms with E-state index in [1.165, 1.54) is 29.7 Å². The molecule has 11 heteroatoms. The Balaban J connectivity index is 0.00000141. The first kappa shape index (κ1) is 23.2. The molecule has 4 rings (SSSR count). The maximum atomic E-state index is 12.7. The number of nitrogens with one attached hydrogen (secondary N) is 2. The number of halogens is 3. The van der Waals surface area contributed by atoms with E-state index >= 15 is 0 Å². The topological polar surface area (TPSA) is 84.2 Å². The molecule has 0 radical (unpaired) electrons. The van der Waals surface area contributed by atoms with Crippen LogP contribution in [0.5, 0.6) is 0 Å². The van der Waals surface area contributed by atoms with Gasteiger partial charge in [0.05, 0.1) is 17.8 Å². The standard InChI is InChI=1S/C19H15F3N6OS.C2H6/c1-11(26-17(29)14-10-28-7-6-23-16(28)9-24-14)15-8-25-18(30-15)27-13-4-2-12(3-5-13)19(20,21)22;1-2/h2-11H,1H3,(H,25,27)(H,26,29);1-2H3. The zero-order valence-electron chi connectivity index (χ0n) is 17.5. The largest absolute Gasteiger partial charge is 0.416 e. The molecule has 0 saturated heterocycles. The maximum Gasteiger partial charge on any atom is 0.416 e. The van der Waals surface area contributed by atoms with E-state index < -0.39 is 11.7 Å². The second-order valence-electron chi connectivity index (χ2n) is 6.43. The summed E-state index contributed by atoms with van der Waals surface area (Å²) in [5.74, 6) is -0.344. The minimum atomic E-state index is -4.38. The molecule has 7 nitrogen and oxygen atoms in total. The van der Waals surface area contributed by atoms with Crippen molar-refractivity contribution >= 4 is 33.7 Å². The number of fused-ring (bicyclic) bond motifs is 1. The Hall–Kier alpha value is -3.47. The van der Waals surface area contributed by atoms with E-state index in [-0.39, 0.29) is 17.6 Å². The molecule has 0 bridgehead atoms. The monoisotopic (exact) mass is 462 g/mol. The van der Waals surface area contributed by atoms with Gasteiger partial charge in [0.15, 0.2) is 10.8 Å². The van der Waals surface area contributed by atoms with E-state index in [0.29, 0.717) is 16.5 Å². The summed E-state index contributed by atoms with van der Waals surface area (Å²) in [5.41, 5.74) is 0.658. The number of nitrogens with zero attached hydrogens (tertiary/aromatic N) is 4. The Labute approximate surface area is 186 Å². The van der Waals surface area contributed by atoms with Gasteiger partial charge >= 0.3 is 6.18 Å². The average Bonchev–Trinajstić information content (AvgIpc) is 3.44. The summed E-state index contributed by atoms with van der Waals surface area (Å²) in [7, 11) is 0. The number of thiazole rings is 1. The minimum Gasteiger partial charge on any atom is -0.343 e. The zero-order chi connectivity index (χ0) is 23.3. The van der Waals surface area contributed by atoms with Crippen LogP contribution in [0.3, 0.4) is 0 Å². The van der Waals surface area contributed by atoms with Crippen LogP contribution in [0.15, 0.2) is 55.2 Å².